The van der Waals surface area contributed by atoms with E-state index in [-0.39, 0.29) is 23.1 Å². The van der Waals surface area contributed by atoms with Gasteiger partial charge in [-0.1, -0.05) is 61.7 Å². The smallest absolute Gasteiger partial charge is 0.387 e. The maximum atomic E-state index is 12.6. The topological polar surface area (TPSA) is 69.0 Å². The van der Waals surface area contributed by atoms with Gasteiger partial charge in [-0.05, 0) is 42.8 Å². The number of ether oxygens (including phenoxy) is 1. The highest BCUT2D eigenvalue weighted by Gasteiger charge is 2.17. The normalized spacial score (nSPS) is 11.1. The second kappa shape index (κ2) is 12.6. The first-order valence-electron chi connectivity index (χ1n) is 10.6. The first kappa shape index (κ1) is 25.0. The molecule has 33 heavy (non-hydrogen) atoms. The van der Waals surface area contributed by atoms with Crippen LogP contribution in [0.1, 0.15) is 32.6 Å². The van der Waals surface area contributed by atoms with Crippen molar-refractivity contribution >= 4 is 35.0 Å². The Morgan fingerprint density at radius 2 is 1.88 bits per heavy atom. The number of anilines is 1. The number of rotatable bonds is 12. The van der Waals surface area contributed by atoms with Crippen LogP contribution < -0.4 is 10.1 Å². The second-order valence-corrected chi connectivity index (χ2v) is 8.62. The molecule has 10 heteroatoms. The molecule has 1 aromatic heterocycles. The molecule has 0 unspecified atom stereocenters. The molecule has 0 bridgehead atoms. The Kier molecular flexibility index (Phi) is 9.50. The van der Waals surface area contributed by atoms with Crippen molar-refractivity contribution in [2.45, 2.75) is 50.9 Å². The SMILES string of the molecule is CCCCCCn1c(SCC(=O)Nc2ccccc2OC(F)F)nnc1-c1ccc(Cl)cc1. The molecule has 0 aliphatic heterocycles. The summed E-state index contributed by atoms with van der Waals surface area (Å²) in [4.78, 5) is 12.5. The molecule has 0 fully saturated rings. The zero-order chi connectivity index (χ0) is 23.6. The summed E-state index contributed by atoms with van der Waals surface area (Å²) < 4.78 is 31.7. The van der Waals surface area contributed by atoms with Crippen LogP contribution in [0.4, 0.5) is 14.5 Å². The standard InChI is InChI=1S/C23H25ClF2N4O2S/c1-2-3-4-7-14-30-21(16-10-12-17(24)13-11-16)28-29-23(30)33-15-20(31)27-18-8-5-6-9-19(18)32-22(25)26/h5-6,8-13,22H,2-4,7,14-15H2,1H3,(H,27,31). The zero-order valence-corrected chi connectivity index (χ0v) is 19.7. The van der Waals surface area contributed by atoms with Crippen LogP contribution in [-0.4, -0.2) is 33.0 Å². The maximum Gasteiger partial charge on any atom is 0.387 e. The van der Waals surface area contributed by atoms with Gasteiger partial charge in [0, 0.05) is 17.1 Å². The Labute approximate surface area is 200 Å². The quantitative estimate of drug-likeness (QED) is 0.229. The molecule has 3 rings (SSSR count). The highest BCUT2D eigenvalue weighted by atomic mass is 35.5. The number of aromatic nitrogens is 3. The molecule has 176 valence electrons. The Morgan fingerprint density at radius 3 is 2.61 bits per heavy atom. The number of hydrogen-bond donors (Lipinski definition) is 1. The summed E-state index contributed by atoms with van der Waals surface area (Å²) in [5.41, 5.74) is 1.07. The number of unbranched alkanes of at least 4 members (excludes halogenated alkanes) is 3. The Hall–Kier alpha value is -2.65. The van der Waals surface area contributed by atoms with Crippen molar-refractivity contribution in [1.82, 2.24) is 14.8 Å². The first-order valence-corrected chi connectivity index (χ1v) is 12.0. The van der Waals surface area contributed by atoms with Gasteiger partial charge < -0.3 is 14.6 Å². The summed E-state index contributed by atoms with van der Waals surface area (Å²) in [7, 11) is 0. The van der Waals surface area contributed by atoms with Crippen LogP contribution in [0, 0.1) is 0 Å². The summed E-state index contributed by atoms with van der Waals surface area (Å²) in [6.45, 7) is -0.0996. The lowest BCUT2D eigenvalue weighted by Gasteiger charge is -2.12. The molecule has 6 nitrogen and oxygen atoms in total. The van der Waals surface area contributed by atoms with E-state index in [9.17, 15) is 13.6 Å². The lowest BCUT2D eigenvalue weighted by Crippen LogP contribution is -2.16. The molecular formula is C23H25ClF2N4O2S. The number of carbonyl (C=O) groups excluding carboxylic acids is 1. The van der Waals surface area contributed by atoms with E-state index in [1.54, 1.807) is 24.3 Å². The van der Waals surface area contributed by atoms with Crippen molar-refractivity contribution < 1.29 is 18.3 Å². The van der Waals surface area contributed by atoms with Crippen LogP contribution in [0.3, 0.4) is 0 Å². The van der Waals surface area contributed by atoms with E-state index >= 15 is 0 Å². The third kappa shape index (κ3) is 7.43. The molecule has 0 atom stereocenters. The van der Waals surface area contributed by atoms with Gasteiger partial charge in [0.15, 0.2) is 11.0 Å². The number of hydrogen-bond acceptors (Lipinski definition) is 5. The van der Waals surface area contributed by atoms with Gasteiger partial charge >= 0.3 is 6.61 Å². The van der Waals surface area contributed by atoms with Crippen molar-refractivity contribution in [3.05, 3.63) is 53.6 Å². The number of nitrogens with one attached hydrogen (secondary N) is 1. The molecule has 0 saturated carbocycles. The van der Waals surface area contributed by atoms with E-state index in [1.807, 2.05) is 16.7 Å². The van der Waals surface area contributed by atoms with E-state index in [0.717, 1.165) is 37.8 Å². The Morgan fingerprint density at radius 1 is 1.12 bits per heavy atom. The fourth-order valence-corrected chi connectivity index (χ4v) is 4.08. The molecule has 2 aromatic carbocycles. The number of amides is 1. The molecule has 0 spiro atoms. The fourth-order valence-electron chi connectivity index (χ4n) is 3.19. The van der Waals surface area contributed by atoms with Crippen LogP contribution >= 0.6 is 23.4 Å². The van der Waals surface area contributed by atoms with Crippen LogP contribution in [-0.2, 0) is 11.3 Å². The predicted octanol–water partition coefficient (Wildman–Crippen LogP) is 6.51. The Bertz CT molecular complexity index is 1050. The number of thioether (sulfide) groups is 1. The van der Waals surface area contributed by atoms with E-state index in [1.165, 1.54) is 23.9 Å². The van der Waals surface area contributed by atoms with E-state index < -0.39 is 6.61 Å². The van der Waals surface area contributed by atoms with Crippen LogP contribution in [0.15, 0.2) is 53.7 Å². The second-order valence-electron chi connectivity index (χ2n) is 7.24. The minimum absolute atomic E-state index is 0.0384. The number of alkyl halides is 2. The molecule has 0 saturated heterocycles. The summed E-state index contributed by atoms with van der Waals surface area (Å²) >= 11 is 7.25. The van der Waals surface area contributed by atoms with Crippen LogP contribution in [0.25, 0.3) is 11.4 Å². The van der Waals surface area contributed by atoms with E-state index in [0.29, 0.717) is 16.0 Å². The van der Waals surface area contributed by atoms with Gasteiger partial charge in [-0.2, -0.15) is 8.78 Å². The summed E-state index contributed by atoms with van der Waals surface area (Å²) in [5, 5.41) is 12.5. The minimum atomic E-state index is -2.98. The van der Waals surface area contributed by atoms with Gasteiger partial charge in [0.05, 0.1) is 11.4 Å². The van der Waals surface area contributed by atoms with Gasteiger partial charge in [-0.3, -0.25) is 4.79 Å². The van der Waals surface area contributed by atoms with Gasteiger partial charge in [0.25, 0.3) is 0 Å². The third-order valence-electron chi connectivity index (χ3n) is 4.76. The molecule has 1 heterocycles. The lowest BCUT2D eigenvalue weighted by molar-refractivity contribution is -0.113. The number of halogens is 3. The Balaban J connectivity index is 1.71. The van der Waals surface area contributed by atoms with Gasteiger partial charge in [-0.15, -0.1) is 10.2 Å². The summed E-state index contributed by atoms with van der Waals surface area (Å²) in [6, 6.07) is 13.4. The molecule has 0 radical (unpaired) electrons. The zero-order valence-electron chi connectivity index (χ0n) is 18.1. The van der Waals surface area contributed by atoms with Crippen LogP contribution in [0.5, 0.6) is 5.75 Å². The number of carbonyl (C=O) groups is 1. The highest BCUT2D eigenvalue weighted by molar-refractivity contribution is 7.99. The molecular weight excluding hydrogens is 470 g/mol. The predicted molar refractivity (Wildman–Crippen MR) is 127 cm³/mol. The summed E-state index contributed by atoms with van der Waals surface area (Å²) in [5.74, 6) is 0.298. The van der Waals surface area contributed by atoms with Crippen molar-refractivity contribution in [2.24, 2.45) is 0 Å². The number of nitrogens with zero attached hydrogens (tertiary/aromatic N) is 3. The van der Waals surface area contributed by atoms with Crippen molar-refractivity contribution in [3.8, 4) is 17.1 Å². The van der Waals surface area contributed by atoms with E-state index in [2.05, 4.69) is 27.2 Å². The lowest BCUT2D eigenvalue weighted by atomic mass is 10.2. The largest absolute Gasteiger partial charge is 0.433 e. The minimum Gasteiger partial charge on any atom is -0.433 e. The van der Waals surface area contributed by atoms with Crippen molar-refractivity contribution in [1.29, 1.82) is 0 Å². The molecule has 1 amide bonds. The highest BCUT2D eigenvalue weighted by Crippen LogP contribution is 2.28. The van der Waals surface area contributed by atoms with Crippen LogP contribution in [0.2, 0.25) is 5.02 Å². The van der Waals surface area contributed by atoms with Crippen molar-refractivity contribution in [2.75, 3.05) is 11.1 Å². The molecule has 0 aliphatic carbocycles. The average Bonchev–Trinajstić information content (AvgIpc) is 3.19. The maximum absolute atomic E-state index is 12.6. The van der Waals surface area contributed by atoms with E-state index in [4.69, 9.17) is 11.6 Å². The average molecular weight is 495 g/mol. The molecule has 1 N–H and O–H groups in total. The number of para-hydroxylation sites is 2. The fraction of sp³-hybridized carbons (Fsp3) is 0.348. The van der Waals surface area contributed by atoms with Gasteiger partial charge in [-0.25, -0.2) is 0 Å². The van der Waals surface area contributed by atoms with Gasteiger partial charge in [0.1, 0.15) is 5.75 Å². The number of benzene rings is 2. The molecule has 3 aromatic rings. The van der Waals surface area contributed by atoms with Gasteiger partial charge in [0.2, 0.25) is 5.91 Å². The first-order chi connectivity index (χ1) is 16.0. The third-order valence-corrected chi connectivity index (χ3v) is 5.98. The molecule has 0 aliphatic rings. The van der Waals surface area contributed by atoms with Crippen molar-refractivity contribution in [3.63, 3.8) is 0 Å². The monoisotopic (exact) mass is 494 g/mol. The summed E-state index contributed by atoms with van der Waals surface area (Å²) in [6.07, 6.45) is 4.32.